The summed E-state index contributed by atoms with van der Waals surface area (Å²) in [5.41, 5.74) is 0.423. The number of phenols is 1. The number of aromatic hydroxyl groups is 1. The van der Waals surface area contributed by atoms with Crippen molar-refractivity contribution in [1.29, 1.82) is 0 Å². The minimum absolute atomic E-state index is 0. The van der Waals surface area contributed by atoms with Crippen LogP contribution in [0.15, 0.2) is 21.3 Å². The quantitative estimate of drug-likeness (QED) is 0.106. The Hall–Kier alpha value is 3.75. The van der Waals surface area contributed by atoms with Crippen LogP contribution in [0.25, 0.3) is 33.4 Å². The van der Waals surface area contributed by atoms with Crippen molar-refractivity contribution in [2.24, 2.45) is 0 Å². The first kappa shape index (κ1) is 35.0. The van der Waals surface area contributed by atoms with Gasteiger partial charge in [0, 0.05) is 22.1 Å². The van der Waals surface area contributed by atoms with E-state index in [4.69, 9.17) is 50.8 Å². The van der Waals surface area contributed by atoms with Gasteiger partial charge in [-0.3, -0.25) is 4.79 Å². The van der Waals surface area contributed by atoms with Gasteiger partial charge in [0.2, 0.25) is 5.43 Å². The largest absolute Gasteiger partial charge is 1.00 e. The molecule has 5 nitrogen and oxygen atoms in total. The van der Waals surface area contributed by atoms with Crippen molar-refractivity contribution < 1.29 is 122 Å². The molecule has 1 heterocycles. The predicted molar refractivity (Wildman–Crippen MR) is 164 cm³/mol. The van der Waals surface area contributed by atoms with Gasteiger partial charge in [-0.15, -0.1) is 0 Å². The van der Waals surface area contributed by atoms with Gasteiger partial charge in [-0.1, -0.05) is 46.4 Å². The smallest absolute Gasteiger partial charge is 0.506 e. The first-order valence-electron chi connectivity index (χ1n) is 8.43. The average Bonchev–Trinajstić information content (AvgIpc) is 2.76. The van der Waals surface area contributed by atoms with Gasteiger partial charge in [-0.05, 0) is 102 Å². The Kier molecular flexibility index (Phi) is 13.8. The second-order valence-corrected chi connectivity index (χ2v) is 12.6. The van der Waals surface area contributed by atoms with E-state index >= 15 is 0 Å². The maximum Gasteiger partial charge on any atom is 1.00 e. The Bertz CT molecular complexity index is 1580. The molecule has 1 aliphatic carbocycles. The van der Waals surface area contributed by atoms with Crippen LogP contribution in [0.5, 0.6) is 5.75 Å². The number of benzene rings is 3. The molecule has 2 N–H and O–H groups in total. The molecule has 35 heavy (non-hydrogen) atoms. The fourth-order valence-corrected chi connectivity index (χ4v) is 7.93. The van der Waals surface area contributed by atoms with Crippen LogP contribution in [0.1, 0.15) is 10.4 Å². The number of phenolic OH excluding ortho intramolecular Hbond substituents is 1. The van der Waals surface area contributed by atoms with Crippen molar-refractivity contribution in [3.8, 4) is 28.2 Å². The van der Waals surface area contributed by atoms with Crippen LogP contribution in [0.2, 0.25) is 20.1 Å². The SMILES string of the molecule is O=C(O)c1c(Cl)c(Cl)c(Cl)c(Cl)c1-c1c2cc(I)c(=O)c(I)c-2oc2c(I)c(O)c(I)cc12.[K+].[K+]. The summed E-state index contributed by atoms with van der Waals surface area (Å²) in [5, 5.41) is 20.3. The maximum absolute atomic E-state index is 12.7. The normalized spacial score (nSPS) is 10.9. The number of carboxylic acid groups (broad SMARTS) is 1. The average molecular weight is 1050 g/mol. The van der Waals surface area contributed by atoms with Crippen molar-refractivity contribution in [2.45, 2.75) is 0 Å². The summed E-state index contributed by atoms with van der Waals surface area (Å²) >= 11 is 33.1. The van der Waals surface area contributed by atoms with Crippen LogP contribution in [-0.2, 0) is 0 Å². The van der Waals surface area contributed by atoms with Gasteiger partial charge >= 0.3 is 109 Å². The van der Waals surface area contributed by atoms with Crippen LogP contribution in [-0.4, -0.2) is 16.2 Å². The van der Waals surface area contributed by atoms with E-state index in [0.29, 0.717) is 27.2 Å². The second kappa shape index (κ2) is 13.8. The van der Waals surface area contributed by atoms with Crippen LogP contribution in [0.4, 0.5) is 0 Å². The number of hydrogen-bond acceptors (Lipinski definition) is 4. The van der Waals surface area contributed by atoms with Crippen LogP contribution in [0.3, 0.4) is 0 Å². The molecule has 0 saturated heterocycles. The molecule has 4 rings (SSSR count). The van der Waals surface area contributed by atoms with E-state index in [0.717, 1.165) is 0 Å². The zero-order valence-corrected chi connectivity index (χ0v) is 35.2. The molecule has 2 aliphatic rings. The Morgan fingerprint density at radius 1 is 0.829 bits per heavy atom. The van der Waals surface area contributed by atoms with Gasteiger partial charge in [0.15, 0.2) is 11.3 Å². The number of aromatic carboxylic acids is 1. The summed E-state index contributed by atoms with van der Waals surface area (Å²) in [5.74, 6) is -1.18. The van der Waals surface area contributed by atoms with E-state index in [1.807, 2.05) is 90.4 Å². The predicted octanol–water partition coefficient (Wildman–Crippen LogP) is 3.01. The topological polar surface area (TPSA) is 87.7 Å². The van der Waals surface area contributed by atoms with Crippen LogP contribution in [0, 0.1) is 14.3 Å². The zero-order valence-electron chi connectivity index (χ0n) is 17.3. The molecule has 0 amide bonds. The van der Waals surface area contributed by atoms with Crippen LogP contribution >= 0.6 is 137 Å². The molecule has 0 atom stereocenters. The molecule has 2 aromatic rings. The zero-order chi connectivity index (χ0) is 24.5. The summed E-state index contributed by atoms with van der Waals surface area (Å²) in [6.45, 7) is 0. The van der Waals surface area contributed by atoms with E-state index < -0.39 is 5.97 Å². The van der Waals surface area contributed by atoms with Gasteiger partial charge in [0.1, 0.15) is 9.32 Å². The Balaban J connectivity index is 0.00000216. The summed E-state index contributed by atoms with van der Waals surface area (Å²) in [6, 6.07) is 3.22. The number of hydrogen-bond donors (Lipinski definition) is 2. The minimum Gasteiger partial charge on any atom is -0.506 e. The number of carbonyl (C=O) groups is 1. The number of rotatable bonds is 2. The molecule has 0 saturated carbocycles. The molecule has 170 valence electrons. The number of carboxylic acids is 1. The van der Waals surface area contributed by atoms with E-state index in [2.05, 4.69) is 0 Å². The molecular formula is C20H4Cl4I4K2O5+2. The van der Waals surface area contributed by atoms with Gasteiger partial charge < -0.3 is 14.6 Å². The Morgan fingerprint density at radius 2 is 1.40 bits per heavy atom. The van der Waals surface area contributed by atoms with Crippen LogP contribution < -0.4 is 108 Å². The maximum atomic E-state index is 12.7. The molecule has 15 heteroatoms. The monoisotopic (exact) mass is 1050 g/mol. The molecule has 1 aliphatic heterocycles. The second-order valence-electron chi connectivity index (χ2n) is 6.56. The molecule has 0 spiro atoms. The fraction of sp³-hybridized carbons (Fsp3) is 0. The van der Waals surface area contributed by atoms with Crippen molar-refractivity contribution in [1.82, 2.24) is 0 Å². The minimum atomic E-state index is -1.37. The van der Waals surface area contributed by atoms with Gasteiger partial charge in [0.05, 0.1) is 36.4 Å². The van der Waals surface area contributed by atoms with E-state index in [1.54, 1.807) is 12.1 Å². The number of halogens is 8. The summed E-state index contributed by atoms with van der Waals surface area (Å²) < 4.78 is 7.64. The molecule has 0 fully saturated rings. The number of fused-ring (bicyclic) bond motifs is 2. The van der Waals surface area contributed by atoms with Gasteiger partial charge in [-0.2, -0.15) is 0 Å². The molecule has 0 aromatic heterocycles. The third kappa shape index (κ3) is 6.27. The molecule has 0 unspecified atom stereocenters. The standard InChI is InChI=1S/C20H4Cl4I4O5.2K/c21-10-8(9(20(31)32)11(22)13(24)12(10)23)7-3-1-5(25)16(29)14(27)18(3)33-19-4(7)2-6(26)17(30)15(19)28;;/h1-2,29H,(H,31,32);;/q;2*+1. The Morgan fingerprint density at radius 3 is 1.97 bits per heavy atom. The van der Waals surface area contributed by atoms with E-state index in [1.165, 1.54) is 0 Å². The first-order valence-corrected chi connectivity index (χ1v) is 14.3. The molecule has 0 radical (unpaired) electrons. The van der Waals surface area contributed by atoms with E-state index in [-0.39, 0.29) is 160 Å². The summed E-state index contributed by atoms with van der Waals surface area (Å²) in [6.07, 6.45) is 0. The molecule has 0 bridgehead atoms. The van der Waals surface area contributed by atoms with Crippen molar-refractivity contribution in [2.75, 3.05) is 0 Å². The summed E-state index contributed by atoms with van der Waals surface area (Å²) in [4.78, 5) is 25.0. The fourth-order valence-electron chi connectivity index (χ4n) is 3.33. The molecule has 2 aromatic carbocycles. The molecular weight excluding hydrogens is 1050 g/mol. The van der Waals surface area contributed by atoms with Crippen molar-refractivity contribution in [3.63, 3.8) is 0 Å². The third-order valence-electron chi connectivity index (χ3n) is 4.75. The van der Waals surface area contributed by atoms with Crippen molar-refractivity contribution in [3.05, 3.63) is 62.3 Å². The van der Waals surface area contributed by atoms with Gasteiger partial charge in [0.25, 0.3) is 0 Å². The Labute approximate surface area is 357 Å². The van der Waals surface area contributed by atoms with E-state index in [9.17, 15) is 19.8 Å². The first-order chi connectivity index (χ1) is 15.4. The third-order valence-corrected chi connectivity index (χ3v) is 10.2. The van der Waals surface area contributed by atoms with Crippen molar-refractivity contribution >= 4 is 154 Å². The summed E-state index contributed by atoms with van der Waals surface area (Å²) in [7, 11) is 0. The van der Waals surface area contributed by atoms with Gasteiger partial charge in [-0.25, -0.2) is 4.79 Å².